The van der Waals surface area contributed by atoms with Crippen LogP contribution in [0.2, 0.25) is 0 Å². The summed E-state index contributed by atoms with van der Waals surface area (Å²) in [6.45, 7) is 3.74. The molecule has 8 nitrogen and oxygen atoms in total. The van der Waals surface area contributed by atoms with Gasteiger partial charge in [-0.2, -0.15) is 0 Å². The van der Waals surface area contributed by atoms with Crippen LogP contribution >= 0.6 is 0 Å². The van der Waals surface area contributed by atoms with Crippen LogP contribution in [0.15, 0.2) is 79.0 Å². The van der Waals surface area contributed by atoms with E-state index in [0.717, 1.165) is 58.5 Å². The van der Waals surface area contributed by atoms with Gasteiger partial charge in [-0.1, -0.05) is 38.1 Å². The molecule has 39 heavy (non-hydrogen) atoms. The van der Waals surface area contributed by atoms with Gasteiger partial charge in [0.15, 0.2) is 11.5 Å². The molecule has 196 valence electrons. The Morgan fingerprint density at radius 2 is 1.79 bits per heavy atom. The fourth-order valence-electron chi connectivity index (χ4n) is 4.98. The molecular formula is C31H31N7O. The van der Waals surface area contributed by atoms with Gasteiger partial charge in [-0.05, 0) is 73.4 Å². The van der Waals surface area contributed by atoms with Crippen LogP contribution in [0.3, 0.4) is 0 Å². The molecule has 5 N–H and O–H groups in total. The first-order valence-corrected chi connectivity index (χ1v) is 13.2. The predicted octanol–water partition coefficient (Wildman–Crippen LogP) is 5.66. The molecule has 1 saturated carbocycles. The van der Waals surface area contributed by atoms with Crippen molar-refractivity contribution in [2.75, 3.05) is 11.1 Å². The first-order valence-electron chi connectivity index (χ1n) is 13.2. The molecule has 6 rings (SSSR count). The van der Waals surface area contributed by atoms with Gasteiger partial charge in [0.2, 0.25) is 5.91 Å². The summed E-state index contributed by atoms with van der Waals surface area (Å²) < 4.78 is 2.02. The minimum Gasteiger partial charge on any atom is -0.383 e. The number of nitrogens with one attached hydrogen (secondary N) is 1. The maximum Gasteiger partial charge on any atom is 0.226 e. The lowest BCUT2D eigenvalue weighted by Crippen LogP contribution is -2.43. The Bertz CT molecular complexity index is 1680. The van der Waals surface area contributed by atoms with Gasteiger partial charge in [-0.25, -0.2) is 15.0 Å². The third-order valence-corrected chi connectivity index (χ3v) is 7.48. The summed E-state index contributed by atoms with van der Waals surface area (Å²) in [4.78, 5) is 26.5. The Kier molecular flexibility index (Phi) is 6.12. The number of aromatic nitrogens is 4. The molecule has 5 aromatic rings. The van der Waals surface area contributed by atoms with Crippen molar-refractivity contribution in [1.82, 2.24) is 19.5 Å². The zero-order valence-corrected chi connectivity index (χ0v) is 22.1. The molecule has 0 unspecified atom stereocenters. The maximum absolute atomic E-state index is 12.2. The van der Waals surface area contributed by atoms with Crippen molar-refractivity contribution in [3.8, 4) is 28.3 Å². The van der Waals surface area contributed by atoms with Gasteiger partial charge in [0.05, 0.1) is 11.3 Å². The van der Waals surface area contributed by atoms with Crippen LogP contribution in [0.5, 0.6) is 0 Å². The molecule has 8 heteroatoms. The molecule has 3 aromatic heterocycles. The van der Waals surface area contributed by atoms with E-state index >= 15 is 0 Å². The monoisotopic (exact) mass is 517 g/mol. The summed E-state index contributed by atoms with van der Waals surface area (Å²) in [6.07, 6.45) is 4.82. The highest BCUT2D eigenvalue weighted by molar-refractivity contribution is 5.93. The Balaban J connectivity index is 1.49. The van der Waals surface area contributed by atoms with Gasteiger partial charge in [0.1, 0.15) is 11.3 Å². The summed E-state index contributed by atoms with van der Waals surface area (Å²) >= 11 is 0. The van der Waals surface area contributed by atoms with Gasteiger partial charge >= 0.3 is 0 Å². The van der Waals surface area contributed by atoms with E-state index in [1.165, 1.54) is 0 Å². The lowest BCUT2D eigenvalue weighted by Gasteiger charge is -2.38. The van der Waals surface area contributed by atoms with E-state index in [4.69, 9.17) is 21.4 Å². The molecular weight excluding hydrogens is 486 g/mol. The third-order valence-electron chi connectivity index (χ3n) is 7.48. The molecule has 1 aliphatic rings. The van der Waals surface area contributed by atoms with Crippen molar-refractivity contribution >= 4 is 28.6 Å². The number of imidazole rings is 1. The average Bonchev–Trinajstić information content (AvgIpc) is 3.30. The summed E-state index contributed by atoms with van der Waals surface area (Å²) in [7, 11) is 0. The smallest absolute Gasteiger partial charge is 0.226 e. The molecule has 1 amide bonds. The second-order valence-corrected chi connectivity index (χ2v) is 10.5. The van der Waals surface area contributed by atoms with E-state index < -0.39 is 0 Å². The normalized spacial score (nSPS) is 14.4. The molecule has 0 bridgehead atoms. The molecule has 1 aliphatic carbocycles. The topological polar surface area (TPSA) is 125 Å². The summed E-state index contributed by atoms with van der Waals surface area (Å²) in [5.74, 6) is 0.921. The number of fused-ring (bicyclic) bond motifs is 1. The minimum absolute atomic E-state index is 0.0306. The SMILES string of the molecule is CC(C)C(=O)Nc1cccc(-c2ccc3nc(-c4cccnc4N)n(-c4ccc(C5(N)CCC5)cc4)c3n2)c1. The Morgan fingerprint density at radius 1 is 1.00 bits per heavy atom. The number of benzene rings is 2. The van der Waals surface area contributed by atoms with Crippen molar-refractivity contribution in [1.29, 1.82) is 0 Å². The third kappa shape index (κ3) is 4.53. The van der Waals surface area contributed by atoms with Crippen LogP contribution < -0.4 is 16.8 Å². The highest BCUT2D eigenvalue weighted by Gasteiger charge is 2.34. The molecule has 1 fully saturated rings. The van der Waals surface area contributed by atoms with Gasteiger partial charge < -0.3 is 16.8 Å². The standard InChI is InChI=1S/C31H31N7O/c1-19(2)30(39)35-22-7-3-6-20(18-22)25-13-14-26-29(36-25)38(28(37-26)24-8-4-17-34-27(24)32)23-11-9-21(10-12-23)31(33)15-5-16-31/h3-4,6-14,17-19H,5,15-16,33H2,1-2H3,(H2,32,34)(H,35,39). The lowest BCUT2D eigenvalue weighted by molar-refractivity contribution is -0.118. The highest BCUT2D eigenvalue weighted by Crippen LogP contribution is 2.39. The molecule has 3 heterocycles. The number of nitrogen functional groups attached to an aromatic ring is 1. The molecule has 2 aromatic carbocycles. The first-order chi connectivity index (χ1) is 18.8. The van der Waals surface area contributed by atoms with E-state index in [2.05, 4.69) is 34.6 Å². The first kappa shape index (κ1) is 24.8. The van der Waals surface area contributed by atoms with E-state index in [9.17, 15) is 4.79 Å². The number of carbonyl (C=O) groups excluding carboxylic acids is 1. The van der Waals surface area contributed by atoms with Gasteiger partial charge in [0, 0.05) is 34.6 Å². The quantitative estimate of drug-likeness (QED) is 0.267. The number of carbonyl (C=O) groups is 1. The van der Waals surface area contributed by atoms with Gasteiger partial charge in [0.25, 0.3) is 0 Å². The van der Waals surface area contributed by atoms with Crippen molar-refractivity contribution in [2.45, 2.75) is 38.6 Å². The predicted molar refractivity (Wildman–Crippen MR) is 155 cm³/mol. The van der Waals surface area contributed by atoms with Gasteiger partial charge in [-0.15, -0.1) is 0 Å². The van der Waals surface area contributed by atoms with Crippen molar-refractivity contribution in [2.24, 2.45) is 11.7 Å². The van der Waals surface area contributed by atoms with Crippen LogP contribution in [0.1, 0.15) is 38.7 Å². The number of hydrogen-bond acceptors (Lipinski definition) is 6. The second-order valence-electron chi connectivity index (χ2n) is 10.5. The number of anilines is 2. The van der Waals surface area contributed by atoms with Crippen LogP contribution in [-0.2, 0) is 10.3 Å². The number of pyridine rings is 2. The average molecular weight is 518 g/mol. The van der Waals surface area contributed by atoms with Crippen LogP contribution in [0.25, 0.3) is 39.5 Å². The van der Waals surface area contributed by atoms with E-state index in [0.29, 0.717) is 17.3 Å². The molecule has 0 spiro atoms. The summed E-state index contributed by atoms with van der Waals surface area (Å²) in [5, 5.41) is 2.97. The molecule has 0 atom stereocenters. The van der Waals surface area contributed by atoms with Gasteiger partial charge in [-0.3, -0.25) is 9.36 Å². The Labute approximate surface area is 227 Å². The van der Waals surface area contributed by atoms with Crippen LogP contribution in [0, 0.1) is 5.92 Å². The zero-order chi connectivity index (χ0) is 27.1. The number of amides is 1. The number of nitrogens with zero attached hydrogens (tertiary/aromatic N) is 4. The van der Waals surface area contributed by atoms with E-state index in [1.807, 2.05) is 66.9 Å². The van der Waals surface area contributed by atoms with Crippen molar-refractivity contribution in [3.63, 3.8) is 0 Å². The minimum atomic E-state index is -0.242. The molecule has 0 radical (unpaired) electrons. The van der Waals surface area contributed by atoms with E-state index in [-0.39, 0.29) is 17.4 Å². The Hall–Kier alpha value is -4.56. The summed E-state index contributed by atoms with van der Waals surface area (Å²) in [5.41, 5.74) is 19.2. The zero-order valence-electron chi connectivity index (χ0n) is 22.1. The molecule has 0 aliphatic heterocycles. The highest BCUT2D eigenvalue weighted by atomic mass is 16.1. The van der Waals surface area contributed by atoms with Crippen molar-refractivity contribution in [3.05, 3.63) is 84.6 Å². The summed E-state index contributed by atoms with van der Waals surface area (Å²) in [6, 6.07) is 23.7. The second kappa shape index (κ2) is 9.63. The fourth-order valence-corrected chi connectivity index (χ4v) is 4.98. The number of nitrogens with two attached hydrogens (primary N) is 2. The lowest BCUT2D eigenvalue weighted by atomic mass is 9.73. The number of hydrogen-bond donors (Lipinski definition) is 3. The van der Waals surface area contributed by atoms with E-state index in [1.54, 1.807) is 6.20 Å². The van der Waals surface area contributed by atoms with Crippen LogP contribution in [0.4, 0.5) is 11.5 Å². The maximum atomic E-state index is 12.2. The number of rotatable bonds is 6. The Morgan fingerprint density at radius 3 is 2.49 bits per heavy atom. The van der Waals surface area contributed by atoms with Crippen LogP contribution in [-0.4, -0.2) is 25.4 Å². The molecule has 0 saturated heterocycles. The fraction of sp³-hybridized carbons (Fsp3) is 0.226. The largest absolute Gasteiger partial charge is 0.383 e. The van der Waals surface area contributed by atoms with Crippen molar-refractivity contribution < 1.29 is 4.79 Å².